The topological polar surface area (TPSA) is 37.3 Å². The van der Waals surface area contributed by atoms with Crippen LogP contribution in [0.2, 0.25) is 0 Å². The van der Waals surface area contributed by atoms with Gasteiger partial charge < -0.3 is 5.11 Å². The van der Waals surface area contributed by atoms with Crippen LogP contribution in [0.4, 0.5) is 0 Å². The number of aliphatic carboxylic acids is 1. The summed E-state index contributed by atoms with van der Waals surface area (Å²) in [6, 6.07) is 7.99. The Morgan fingerprint density at radius 1 is 1.05 bits per heavy atom. The van der Waals surface area contributed by atoms with E-state index in [1.165, 1.54) is 38.5 Å². The fraction of sp³-hybridized carbons (Fsp3) is 0.588. The summed E-state index contributed by atoms with van der Waals surface area (Å²) in [7, 11) is 0. The second-order valence-electron chi connectivity index (χ2n) is 6.62. The molecule has 0 unspecified atom stereocenters. The molecule has 0 heterocycles. The maximum Gasteiger partial charge on any atom is 0.320 e. The molecule has 0 saturated heterocycles. The smallest absolute Gasteiger partial charge is 0.320 e. The number of hydrogen-bond donors (Lipinski definition) is 1. The zero-order chi connectivity index (χ0) is 14.9. The molecule has 2 nitrogen and oxygen atoms in total. The summed E-state index contributed by atoms with van der Waals surface area (Å²) in [6.45, 7) is 0. The van der Waals surface area contributed by atoms with Gasteiger partial charge in [-0.1, -0.05) is 41.6 Å². The molecule has 0 amide bonds. The quantitative estimate of drug-likeness (QED) is 0.765. The van der Waals surface area contributed by atoms with Crippen molar-refractivity contribution in [3.63, 3.8) is 0 Å². The van der Waals surface area contributed by atoms with Crippen LogP contribution in [0.3, 0.4) is 0 Å². The molecule has 4 heteroatoms. The average Bonchev–Trinajstić information content (AvgIpc) is 2.66. The summed E-state index contributed by atoms with van der Waals surface area (Å²) in [5, 5.41) is 9.75. The summed E-state index contributed by atoms with van der Waals surface area (Å²) in [6.07, 6.45) is 9.33. The number of benzene rings is 1. The number of carbonyl (C=O) groups is 1. The summed E-state index contributed by atoms with van der Waals surface area (Å²) in [5.41, 5.74) is 0.317. The molecule has 2 aliphatic rings. The first-order valence-electron chi connectivity index (χ1n) is 7.72. The molecule has 114 valence electrons. The largest absolute Gasteiger partial charge is 0.480 e. The van der Waals surface area contributed by atoms with Gasteiger partial charge in [0.15, 0.2) is 0 Å². The number of rotatable bonds is 3. The van der Waals surface area contributed by atoms with Crippen molar-refractivity contribution >= 4 is 33.7 Å². The molecular weight excluding hydrogens is 348 g/mol. The van der Waals surface area contributed by atoms with Gasteiger partial charge >= 0.3 is 5.97 Å². The van der Waals surface area contributed by atoms with Crippen molar-refractivity contribution in [3.05, 3.63) is 28.7 Å². The number of halogens is 1. The van der Waals surface area contributed by atoms with Crippen molar-refractivity contribution in [3.8, 4) is 0 Å². The van der Waals surface area contributed by atoms with E-state index in [2.05, 4.69) is 15.9 Å². The van der Waals surface area contributed by atoms with Gasteiger partial charge in [-0.25, -0.2) is 0 Å². The van der Waals surface area contributed by atoms with E-state index in [1.54, 1.807) is 11.8 Å². The Hall–Kier alpha value is -0.480. The molecule has 0 aromatic heterocycles. The third-order valence-electron chi connectivity index (χ3n) is 5.00. The number of carboxylic acids is 1. The van der Waals surface area contributed by atoms with Crippen molar-refractivity contribution < 1.29 is 9.90 Å². The minimum absolute atomic E-state index is 0.317. The van der Waals surface area contributed by atoms with Crippen LogP contribution in [0.5, 0.6) is 0 Å². The van der Waals surface area contributed by atoms with Crippen molar-refractivity contribution in [1.29, 1.82) is 0 Å². The molecule has 0 aliphatic heterocycles. The third kappa shape index (κ3) is 3.16. The normalized spacial score (nSPS) is 23.3. The molecule has 0 atom stereocenters. The van der Waals surface area contributed by atoms with E-state index >= 15 is 0 Å². The maximum atomic E-state index is 11.9. The average molecular weight is 369 g/mol. The Bertz CT molecular complexity index is 510. The van der Waals surface area contributed by atoms with Crippen LogP contribution < -0.4 is 0 Å². The van der Waals surface area contributed by atoms with E-state index in [0.717, 1.165) is 22.2 Å². The minimum atomic E-state index is -0.634. The first kappa shape index (κ1) is 15.4. The van der Waals surface area contributed by atoms with Gasteiger partial charge in [0.05, 0.1) is 0 Å². The van der Waals surface area contributed by atoms with Crippen LogP contribution in [0.15, 0.2) is 33.6 Å². The predicted octanol–water partition coefficient (Wildman–Crippen LogP) is 5.50. The molecule has 1 N–H and O–H groups in total. The fourth-order valence-corrected chi connectivity index (χ4v) is 5.82. The van der Waals surface area contributed by atoms with Crippen LogP contribution in [-0.2, 0) is 4.79 Å². The lowest BCUT2D eigenvalue weighted by molar-refractivity contribution is -0.147. The lowest BCUT2D eigenvalue weighted by Gasteiger charge is -2.53. The second kappa shape index (κ2) is 5.96. The monoisotopic (exact) mass is 368 g/mol. The Morgan fingerprint density at radius 2 is 1.62 bits per heavy atom. The zero-order valence-corrected chi connectivity index (χ0v) is 14.5. The Morgan fingerprint density at radius 3 is 2.14 bits per heavy atom. The fourth-order valence-electron chi connectivity index (χ4n) is 3.99. The highest BCUT2D eigenvalue weighted by atomic mass is 79.9. The van der Waals surface area contributed by atoms with E-state index in [1.807, 2.05) is 24.3 Å². The van der Waals surface area contributed by atoms with Crippen LogP contribution in [0, 0.1) is 5.41 Å². The first-order valence-corrected chi connectivity index (χ1v) is 9.33. The van der Waals surface area contributed by atoms with Crippen molar-refractivity contribution in [2.75, 3.05) is 0 Å². The van der Waals surface area contributed by atoms with E-state index in [-0.39, 0.29) is 0 Å². The third-order valence-corrected chi connectivity index (χ3v) is 6.89. The molecule has 1 aromatic rings. The molecule has 0 bridgehead atoms. The molecule has 3 rings (SSSR count). The van der Waals surface area contributed by atoms with Gasteiger partial charge in [-0.2, -0.15) is 0 Å². The van der Waals surface area contributed by atoms with Crippen LogP contribution in [0.25, 0.3) is 0 Å². The Balaban J connectivity index is 1.74. The first-order chi connectivity index (χ1) is 10.0. The number of hydrogen-bond acceptors (Lipinski definition) is 2. The van der Waals surface area contributed by atoms with Gasteiger partial charge in [0, 0.05) is 9.37 Å². The highest BCUT2D eigenvalue weighted by Gasteiger charge is 2.59. The summed E-state index contributed by atoms with van der Waals surface area (Å²) in [4.78, 5) is 12.9. The Kier molecular flexibility index (Phi) is 4.37. The maximum absolute atomic E-state index is 11.9. The van der Waals surface area contributed by atoms with E-state index in [4.69, 9.17) is 0 Å². The van der Waals surface area contributed by atoms with Crippen LogP contribution >= 0.6 is 27.7 Å². The van der Waals surface area contributed by atoms with Crippen molar-refractivity contribution in [1.82, 2.24) is 0 Å². The number of thioether (sulfide) groups is 1. The molecule has 2 aliphatic carbocycles. The number of carboxylic acid groups (broad SMARTS) is 1. The summed E-state index contributed by atoms with van der Waals surface area (Å²) in [5.74, 6) is -0.634. The van der Waals surface area contributed by atoms with E-state index in [0.29, 0.717) is 5.41 Å². The van der Waals surface area contributed by atoms with Gasteiger partial charge in [0.25, 0.3) is 0 Å². The Labute approximate surface area is 138 Å². The highest BCUT2D eigenvalue weighted by molar-refractivity contribution is 9.10. The molecular formula is C17H21BrO2S. The van der Waals surface area contributed by atoms with Crippen molar-refractivity contribution in [2.45, 2.75) is 61.0 Å². The molecule has 21 heavy (non-hydrogen) atoms. The molecule has 2 fully saturated rings. The van der Waals surface area contributed by atoms with Gasteiger partial charge in [-0.05, 0) is 55.4 Å². The minimum Gasteiger partial charge on any atom is -0.480 e. The van der Waals surface area contributed by atoms with E-state index < -0.39 is 10.7 Å². The SMILES string of the molecule is O=C(O)C1(Sc2ccc(Br)cc2)CC2(CCCCCC2)C1. The van der Waals surface area contributed by atoms with Gasteiger partial charge in [0.2, 0.25) is 0 Å². The molecule has 2 saturated carbocycles. The lowest BCUT2D eigenvalue weighted by atomic mass is 9.58. The van der Waals surface area contributed by atoms with E-state index in [9.17, 15) is 9.90 Å². The van der Waals surface area contributed by atoms with Crippen molar-refractivity contribution in [2.24, 2.45) is 5.41 Å². The summed E-state index contributed by atoms with van der Waals surface area (Å²) >= 11 is 4.97. The lowest BCUT2D eigenvalue weighted by Crippen LogP contribution is -2.54. The zero-order valence-electron chi connectivity index (χ0n) is 12.1. The van der Waals surface area contributed by atoms with Gasteiger partial charge in [-0.3, -0.25) is 4.79 Å². The van der Waals surface area contributed by atoms with Gasteiger partial charge in [-0.15, -0.1) is 11.8 Å². The van der Waals surface area contributed by atoms with Crippen LogP contribution in [-0.4, -0.2) is 15.8 Å². The molecule has 0 radical (unpaired) electrons. The predicted molar refractivity (Wildman–Crippen MR) is 89.7 cm³/mol. The van der Waals surface area contributed by atoms with Crippen LogP contribution in [0.1, 0.15) is 51.4 Å². The molecule has 1 spiro atoms. The highest BCUT2D eigenvalue weighted by Crippen LogP contribution is 2.62. The van der Waals surface area contributed by atoms with Gasteiger partial charge in [0.1, 0.15) is 4.75 Å². The molecule has 1 aromatic carbocycles. The summed E-state index contributed by atoms with van der Waals surface area (Å²) < 4.78 is 0.433. The standard InChI is InChI=1S/C17H21BrO2S/c18-13-5-7-14(8-6-13)21-17(15(19)20)11-16(12-17)9-3-1-2-4-10-16/h5-8H,1-4,9-12H2,(H,19,20). The second-order valence-corrected chi connectivity index (χ2v) is 9.00.